The Morgan fingerprint density at radius 1 is 1.23 bits per heavy atom. The number of nitrogens with zero attached hydrogens (tertiary/aromatic N) is 2. The van der Waals surface area contributed by atoms with E-state index in [0.29, 0.717) is 11.8 Å². The Bertz CT molecular complexity index is 771. The highest BCUT2D eigenvalue weighted by atomic mass is 16.4. The molecular weight excluding hydrogens is 276 g/mol. The molecule has 1 aromatic carbocycles. The molecule has 1 saturated carbocycles. The highest BCUT2D eigenvalue weighted by Crippen LogP contribution is 2.65. The molecule has 0 amide bonds. The monoisotopic (exact) mass is 296 g/mol. The number of hydrogen-bond acceptors (Lipinski definition) is 2. The van der Waals surface area contributed by atoms with Crippen molar-refractivity contribution in [3.05, 3.63) is 46.8 Å². The molecule has 0 aliphatic heterocycles. The van der Waals surface area contributed by atoms with Crippen LogP contribution < -0.4 is 0 Å². The third kappa shape index (κ3) is 1.58. The smallest absolute Gasteiger partial charge is 0.356 e. The molecule has 1 heterocycles. The molecule has 4 heteroatoms. The van der Waals surface area contributed by atoms with Crippen molar-refractivity contribution in [1.82, 2.24) is 9.78 Å². The molecule has 114 valence electrons. The first-order chi connectivity index (χ1) is 10.4. The van der Waals surface area contributed by atoms with E-state index in [-0.39, 0.29) is 11.1 Å². The zero-order valence-corrected chi connectivity index (χ0v) is 13.1. The van der Waals surface area contributed by atoms with Crippen LogP contribution in [0.25, 0.3) is 5.69 Å². The topological polar surface area (TPSA) is 55.1 Å². The summed E-state index contributed by atoms with van der Waals surface area (Å²) in [5, 5.41) is 14.0. The third-order valence-corrected chi connectivity index (χ3v) is 5.66. The van der Waals surface area contributed by atoms with Crippen molar-refractivity contribution >= 4 is 5.97 Å². The van der Waals surface area contributed by atoms with Crippen LogP contribution in [0, 0.1) is 12.3 Å². The van der Waals surface area contributed by atoms with Gasteiger partial charge in [0.05, 0.1) is 11.4 Å². The Balaban J connectivity index is 1.96. The van der Waals surface area contributed by atoms with Crippen molar-refractivity contribution in [1.29, 1.82) is 0 Å². The number of aromatic carboxylic acids is 1. The number of carboxylic acid groups (broad SMARTS) is 1. The lowest BCUT2D eigenvalue weighted by atomic mass is 9.80. The number of hydrogen-bond donors (Lipinski definition) is 1. The van der Waals surface area contributed by atoms with Crippen LogP contribution >= 0.6 is 0 Å². The third-order valence-electron chi connectivity index (χ3n) is 5.66. The molecule has 2 aromatic rings. The van der Waals surface area contributed by atoms with Crippen molar-refractivity contribution in [2.24, 2.45) is 5.41 Å². The van der Waals surface area contributed by atoms with Gasteiger partial charge < -0.3 is 5.11 Å². The minimum absolute atomic E-state index is 0.129. The van der Waals surface area contributed by atoms with E-state index in [1.54, 1.807) is 0 Å². The van der Waals surface area contributed by atoms with E-state index in [4.69, 9.17) is 0 Å². The number of benzene rings is 1. The first kappa shape index (κ1) is 13.6. The standard InChI is InChI=1S/C18H20N2O2/c1-10-4-6-11(7-5-10)20-16-13-9-8-12(18(13,2)3)14(16)15(19-20)17(21)22/h4-7,12-13H,8-9H2,1-3H3,(H,21,22)/t12-,13+/m1/s1. The van der Waals surface area contributed by atoms with Gasteiger partial charge in [-0.3, -0.25) is 0 Å². The summed E-state index contributed by atoms with van der Waals surface area (Å²) in [6.45, 7) is 6.58. The minimum atomic E-state index is -0.912. The van der Waals surface area contributed by atoms with Gasteiger partial charge >= 0.3 is 5.97 Å². The number of carboxylic acids is 1. The van der Waals surface area contributed by atoms with Gasteiger partial charge in [-0.25, -0.2) is 9.48 Å². The van der Waals surface area contributed by atoms with Crippen molar-refractivity contribution in [2.75, 3.05) is 0 Å². The van der Waals surface area contributed by atoms with Gasteiger partial charge in [0, 0.05) is 11.5 Å². The fourth-order valence-corrected chi connectivity index (χ4v) is 4.49. The van der Waals surface area contributed by atoms with Crippen LogP contribution in [0.3, 0.4) is 0 Å². The molecule has 0 unspecified atom stereocenters. The summed E-state index contributed by atoms with van der Waals surface area (Å²) in [6.07, 6.45) is 2.20. The Hall–Kier alpha value is -2.10. The summed E-state index contributed by atoms with van der Waals surface area (Å²) >= 11 is 0. The second-order valence-corrected chi connectivity index (χ2v) is 7.20. The van der Waals surface area contributed by atoms with Crippen LogP contribution in [0.2, 0.25) is 0 Å². The van der Waals surface area contributed by atoms with Crippen LogP contribution in [0.15, 0.2) is 24.3 Å². The van der Waals surface area contributed by atoms with E-state index in [0.717, 1.165) is 29.8 Å². The first-order valence-corrected chi connectivity index (χ1v) is 7.84. The van der Waals surface area contributed by atoms with Crippen LogP contribution in [0.5, 0.6) is 0 Å². The maximum absolute atomic E-state index is 11.7. The quantitative estimate of drug-likeness (QED) is 0.915. The summed E-state index contributed by atoms with van der Waals surface area (Å²) in [4.78, 5) is 11.7. The average molecular weight is 296 g/mol. The number of fused-ring (bicyclic) bond motifs is 5. The van der Waals surface area contributed by atoms with E-state index in [9.17, 15) is 9.90 Å². The minimum Gasteiger partial charge on any atom is -0.476 e. The summed E-state index contributed by atoms with van der Waals surface area (Å²) in [5.41, 5.74) is 4.63. The molecular formula is C18H20N2O2. The van der Waals surface area contributed by atoms with Gasteiger partial charge in [0.15, 0.2) is 5.69 Å². The highest BCUT2D eigenvalue weighted by Gasteiger charge is 2.55. The number of carbonyl (C=O) groups is 1. The lowest BCUT2D eigenvalue weighted by Crippen LogP contribution is -2.18. The fraction of sp³-hybridized carbons (Fsp3) is 0.444. The molecule has 1 fully saturated rings. The predicted octanol–water partition coefficient (Wildman–Crippen LogP) is 3.88. The predicted molar refractivity (Wildman–Crippen MR) is 83.8 cm³/mol. The molecule has 1 N–H and O–H groups in total. The molecule has 4 nitrogen and oxygen atoms in total. The van der Waals surface area contributed by atoms with Crippen LogP contribution in [-0.4, -0.2) is 20.9 Å². The van der Waals surface area contributed by atoms with Gasteiger partial charge in [-0.2, -0.15) is 5.10 Å². The molecule has 0 radical (unpaired) electrons. The molecule has 0 saturated heterocycles. The summed E-state index contributed by atoms with van der Waals surface area (Å²) in [6, 6.07) is 8.13. The van der Waals surface area contributed by atoms with E-state index in [2.05, 4.69) is 18.9 Å². The average Bonchev–Trinajstić information content (AvgIpc) is 3.05. The molecule has 2 atom stereocenters. The number of aryl methyl sites for hydroxylation is 1. The van der Waals surface area contributed by atoms with Crippen LogP contribution in [-0.2, 0) is 0 Å². The van der Waals surface area contributed by atoms with E-state index in [1.807, 2.05) is 35.9 Å². The first-order valence-electron chi connectivity index (χ1n) is 7.84. The van der Waals surface area contributed by atoms with E-state index >= 15 is 0 Å². The maximum atomic E-state index is 11.7. The van der Waals surface area contributed by atoms with Crippen molar-refractivity contribution in [2.45, 2.75) is 45.4 Å². The van der Waals surface area contributed by atoms with Crippen molar-refractivity contribution < 1.29 is 9.90 Å². The molecule has 2 aliphatic rings. The lowest BCUT2D eigenvalue weighted by molar-refractivity contribution is 0.0687. The molecule has 0 spiro atoms. The zero-order valence-electron chi connectivity index (χ0n) is 13.1. The van der Waals surface area contributed by atoms with Crippen molar-refractivity contribution in [3.8, 4) is 5.69 Å². The Labute approximate surface area is 129 Å². The van der Waals surface area contributed by atoms with Crippen molar-refractivity contribution in [3.63, 3.8) is 0 Å². The van der Waals surface area contributed by atoms with E-state index in [1.165, 1.54) is 5.56 Å². The van der Waals surface area contributed by atoms with Gasteiger partial charge in [0.1, 0.15) is 0 Å². The largest absolute Gasteiger partial charge is 0.476 e. The lowest BCUT2D eigenvalue weighted by Gasteiger charge is -2.25. The zero-order chi connectivity index (χ0) is 15.6. The second-order valence-electron chi connectivity index (χ2n) is 7.20. The van der Waals surface area contributed by atoms with Gasteiger partial charge in [0.25, 0.3) is 0 Å². The molecule has 22 heavy (non-hydrogen) atoms. The summed E-state index contributed by atoms with van der Waals surface area (Å²) in [5.74, 6) is -0.197. The summed E-state index contributed by atoms with van der Waals surface area (Å²) in [7, 11) is 0. The van der Waals surface area contributed by atoms with Crippen LogP contribution in [0.1, 0.15) is 65.8 Å². The second kappa shape index (κ2) is 4.22. The van der Waals surface area contributed by atoms with Gasteiger partial charge in [0.2, 0.25) is 0 Å². The molecule has 2 bridgehead atoms. The van der Waals surface area contributed by atoms with E-state index < -0.39 is 5.97 Å². The summed E-state index contributed by atoms with van der Waals surface area (Å²) < 4.78 is 1.88. The molecule has 2 aliphatic carbocycles. The normalized spacial score (nSPS) is 24.5. The van der Waals surface area contributed by atoms with Gasteiger partial charge in [-0.15, -0.1) is 0 Å². The molecule has 1 aromatic heterocycles. The Kier molecular flexibility index (Phi) is 2.60. The Morgan fingerprint density at radius 3 is 2.50 bits per heavy atom. The Morgan fingerprint density at radius 2 is 1.86 bits per heavy atom. The van der Waals surface area contributed by atoms with Gasteiger partial charge in [-0.1, -0.05) is 31.5 Å². The van der Waals surface area contributed by atoms with Gasteiger partial charge in [-0.05, 0) is 43.2 Å². The van der Waals surface area contributed by atoms with Crippen LogP contribution in [0.4, 0.5) is 0 Å². The molecule has 4 rings (SSSR count). The highest BCUT2D eigenvalue weighted by molar-refractivity contribution is 5.88. The fourth-order valence-electron chi connectivity index (χ4n) is 4.49. The SMILES string of the molecule is Cc1ccc(-n2nc(C(=O)O)c3c2[C@@H]2CC[C@H]3C2(C)C)cc1. The number of aromatic nitrogens is 2. The number of rotatable bonds is 2. The maximum Gasteiger partial charge on any atom is 0.356 e.